The molecule has 1 aliphatic heterocycles. The number of phosphoric ester groups is 1. The predicted octanol–water partition coefficient (Wildman–Crippen LogP) is -1.11. The third kappa shape index (κ3) is 2.85. The van der Waals surface area contributed by atoms with E-state index in [1.807, 2.05) is 0 Å². The van der Waals surface area contributed by atoms with Crippen molar-refractivity contribution in [3.8, 4) is 0 Å². The number of fused-ring (bicyclic) bond motifs is 1. The molecule has 12 nitrogen and oxygen atoms in total. The van der Waals surface area contributed by atoms with Crippen LogP contribution in [-0.4, -0.2) is 52.2 Å². The highest BCUT2D eigenvalue weighted by molar-refractivity contribution is 7.46. The van der Waals surface area contributed by atoms with Crippen molar-refractivity contribution in [2.24, 2.45) is 0 Å². The van der Waals surface area contributed by atoms with Crippen molar-refractivity contribution in [3.63, 3.8) is 0 Å². The van der Waals surface area contributed by atoms with Crippen LogP contribution in [0.2, 0.25) is 0 Å². The molecule has 23 heavy (non-hydrogen) atoms. The molecule has 0 saturated heterocycles. The van der Waals surface area contributed by atoms with Crippen LogP contribution in [0.4, 0.5) is 0 Å². The van der Waals surface area contributed by atoms with Crippen molar-refractivity contribution < 1.29 is 33.8 Å². The van der Waals surface area contributed by atoms with Crippen molar-refractivity contribution in [1.82, 2.24) is 19.5 Å². The summed E-state index contributed by atoms with van der Waals surface area (Å²) in [7, 11) is -4.77. The molecule has 0 amide bonds. The van der Waals surface area contributed by atoms with Crippen molar-refractivity contribution in [3.05, 3.63) is 34.5 Å². The normalized spacial score (nSPS) is 21.9. The molecule has 0 saturated carbocycles. The van der Waals surface area contributed by atoms with Crippen molar-refractivity contribution >= 4 is 19.0 Å². The monoisotopic (exact) mass is 346 g/mol. The molecule has 2 atom stereocenters. The predicted molar refractivity (Wildman–Crippen MR) is 71.9 cm³/mol. The summed E-state index contributed by atoms with van der Waals surface area (Å²) in [6, 6.07) is 0. The molecule has 0 aliphatic carbocycles. The van der Waals surface area contributed by atoms with E-state index in [9.17, 15) is 19.6 Å². The fraction of sp³-hybridized carbons (Fsp3) is 0.300. The zero-order valence-corrected chi connectivity index (χ0v) is 12.1. The number of H-pyrrole nitrogens is 1. The average Bonchev–Trinajstić information content (AvgIpc) is 3.01. The molecule has 1 aliphatic rings. The number of hydrogen-bond acceptors (Lipinski definition) is 8. The number of aliphatic hydroxyl groups excluding tert-OH is 2. The van der Waals surface area contributed by atoms with Crippen LogP contribution in [0.15, 0.2) is 29.0 Å². The highest BCUT2D eigenvalue weighted by Gasteiger charge is 2.38. The highest BCUT2D eigenvalue weighted by atomic mass is 31.2. The van der Waals surface area contributed by atoms with Crippen LogP contribution in [0.5, 0.6) is 0 Å². The first-order valence-electron chi connectivity index (χ1n) is 6.15. The molecule has 0 aromatic carbocycles. The van der Waals surface area contributed by atoms with Crippen molar-refractivity contribution in [2.75, 3.05) is 6.61 Å². The second-order valence-electron chi connectivity index (χ2n) is 4.58. The minimum atomic E-state index is -4.77. The smallest absolute Gasteiger partial charge is 0.470 e. The van der Waals surface area contributed by atoms with Crippen LogP contribution >= 0.6 is 7.82 Å². The molecule has 0 fully saturated rings. The highest BCUT2D eigenvalue weighted by Crippen LogP contribution is 2.39. The summed E-state index contributed by atoms with van der Waals surface area (Å²) in [4.78, 5) is 39.0. The lowest BCUT2D eigenvalue weighted by Crippen LogP contribution is -2.22. The van der Waals surface area contributed by atoms with E-state index in [0.29, 0.717) is 0 Å². The van der Waals surface area contributed by atoms with Gasteiger partial charge >= 0.3 is 7.82 Å². The fourth-order valence-electron chi connectivity index (χ4n) is 2.08. The minimum absolute atomic E-state index is 0.00251. The SMILES string of the molecule is O=c1[nH]cnc2c1ncn2[C@@H]1OC(COP(=O)(O)O)=C(O)C1O. The summed E-state index contributed by atoms with van der Waals surface area (Å²) in [6.07, 6.45) is -0.454. The van der Waals surface area contributed by atoms with Crippen LogP contribution in [0.25, 0.3) is 11.2 Å². The van der Waals surface area contributed by atoms with Gasteiger partial charge in [-0.25, -0.2) is 14.5 Å². The first-order chi connectivity index (χ1) is 10.8. The summed E-state index contributed by atoms with van der Waals surface area (Å²) in [6.45, 7) is -0.746. The van der Waals surface area contributed by atoms with Gasteiger partial charge in [-0.05, 0) is 0 Å². The van der Waals surface area contributed by atoms with Crippen LogP contribution in [-0.2, 0) is 13.8 Å². The Balaban J connectivity index is 1.89. The number of imidazole rings is 1. The summed E-state index contributed by atoms with van der Waals surface area (Å²) < 4.78 is 21.4. The molecule has 2 aromatic heterocycles. The number of aromatic amines is 1. The van der Waals surface area contributed by atoms with E-state index in [0.717, 1.165) is 6.33 Å². The second-order valence-corrected chi connectivity index (χ2v) is 5.82. The van der Waals surface area contributed by atoms with Gasteiger partial charge in [-0.2, -0.15) is 0 Å². The number of aromatic nitrogens is 4. The quantitative estimate of drug-likeness (QED) is 0.426. The first-order valence-corrected chi connectivity index (χ1v) is 7.68. The molecule has 1 unspecified atom stereocenters. The molecule has 0 spiro atoms. The molecule has 3 heterocycles. The molecular weight excluding hydrogens is 335 g/mol. The van der Waals surface area contributed by atoms with E-state index in [2.05, 4.69) is 19.5 Å². The maximum Gasteiger partial charge on any atom is 0.470 e. The van der Waals surface area contributed by atoms with E-state index in [1.165, 1.54) is 10.9 Å². The number of rotatable bonds is 4. The van der Waals surface area contributed by atoms with E-state index >= 15 is 0 Å². The zero-order valence-electron chi connectivity index (χ0n) is 11.2. The van der Waals surface area contributed by atoms with Crippen molar-refractivity contribution in [1.29, 1.82) is 0 Å². The number of ether oxygens (including phenoxy) is 1. The molecule has 0 bridgehead atoms. The van der Waals surface area contributed by atoms with E-state index < -0.39 is 38.1 Å². The Bertz CT molecular complexity index is 882. The average molecular weight is 346 g/mol. The van der Waals surface area contributed by atoms with Gasteiger partial charge < -0.3 is 29.7 Å². The Morgan fingerprint density at radius 2 is 2.17 bits per heavy atom. The van der Waals surface area contributed by atoms with Crippen LogP contribution in [0, 0.1) is 0 Å². The number of aliphatic hydroxyl groups is 2. The number of nitrogens with one attached hydrogen (secondary N) is 1. The maximum absolute atomic E-state index is 11.6. The van der Waals surface area contributed by atoms with Gasteiger partial charge in [0.1, 0.15) is 12.9 Å². The Morgan fingerprint density at radius 1 is 1.43 bits per heavy atom. The van der Waals surface area contributed by atoms with Gasteiger partial charge in [-0.15, -0.1) is 0 Å². The van der Waals surface area contributed by atoms with Crippen molar-refractivity contribution in [2.45, 2.75) is 12.3 Å². The Labute approximate surface area is 126 Å². The van der Waals surface area contributed by atoms with Crippen LogP contribution < -0.4 is 5.56 Å². The molecule has 5 N–H and O–H groups in total. The first kappa shape index (κ1) is 15.6. The van der Waals surface area contributed by atoms with Gasteiger partial charge in [-0.3, -0.25) is 13.9 Å². The van der Waals surface area contributed by atoms with Gasteiger partial charge in [0, 0.05) is 0 Å². The Morgan fingerprint density at radius 3 is 2.87 bits per heavy atom. The minimum Gasteiger partial charge on any atom is -0.506 e. The number of hydrogen-bond donors (Lipinski definition) is 5. The second kappa shape index (κ2) is 5.44. The molecule has 0 radical (unpaired) electrons. The lowest BCUT2D eigenvalue weighted by Gasteiger charge is -2.17. The topological polar surface area (TPSA) is 180 Å². The summed E-state index contributed by atoms with van der Waals surface area (Å²) in [5.41, 5.74) is -0.395. The molecule has 2 aromatic rings. The Hall–Kier alpha value is -2.24. The molecule has 3 rings (SSSR count). The van der Waals surface area contributed by atoms with Gasteiger partial charge in [0.25, 0.3) is 5.56 Å². The van der Waals surface area contributed by atoms with E-state index in [4.69, 9.17) is 14.5 Å². The largest absolute Gasteiger partial charge is 0.506 e. The zero-order chi connectivity index (χ0) is 16.8. The third-order valence-electron chi connectivity index (χ3n) is 3.10. The lowest BCUT2D eigenvalue weighted by molar-refractivity contribution is -0.0119. The number of phosphoric acid groups is 1. The summed E-state index contributed by atoms with van der Waals surface area (Å²) in [5, 5.41) is 19.8. The van der Waals surface area contributed by atoms with E-state index in [-0.39, 0.29) is 16.9 Å². The van der Waals surface area contributed by atoms with Crippen LogP contribution in [0.1, 0.15) is 6.23 Å². The van der Waals surface area contributed by atoms with Crippen LogP contribution in [0.3, 0.4) is 0 Å². The van der Waals surface area contributed by atoms with Gasteiger partial charge in [0.05, 0.1) is 6.33 Å². The van der Waals surface area contributed by atoms with Gasteiger partial charge in [-0.1, -0.05) is 0 Å². The standard InChI is InChI=1S/C10H11N4O8P/c15-6-4(1-21-23(18,19)20)22-10(7(6)16)14-3-13-5-8(14)11-2-12-9(5)17/h2-3,7,10,15-16H,1H2,(H,11,12,17)(H2,18,19,20)/t7?,10-/m1/s1. The Kier molecular flexibility index (Phi) is 3.70. The summed E-state index contributed by atoms with van der Waals surface area (Å²) in [5.74, 6) is -0.993. The fourth-order valence-corrected chi connectivity index (χ4v) is 2.36. The molecular formula is C10H11N4O8P. The third-order valence-corrected chi connectivity index (χ3v) is 3.57. The maximum atomic E-state index is 11.6. The van der Waals surface area contributed by atoms with Gasteiger partial charge in [0.2, 0.25) is 6.23 Å². The van der Waals surface area contributed by atoms with E-state index in [1.54, 1.807) is 0 Å². The summed E-state index contributed by atoms with van der Waals surface area (Å²) >= 11 is 0. The van der Waals surface area contributed by atoms with Gasteiger partial charge in [0.15, 0.2) is 28.8 Å². The lowest BCUT2D eigenvalue weighted by atomic mass is 10.2. The molecule has 124 valence electrons. The number of nitrogens with zero attached hydrogens (tertiary/aromatic N) is 3. The molecule has 13 heteroatoms.